The van der Waals surface area contributed by atoms with Crippen LogP contribution in [0.4, 0.5) is 5.69 Å². The van der Waals surface area contributed by atoms with Gasteiger partial charge < -0.3 is 14.1 Å². The second-order valence-electron chi connectivity index (χ2n) is 14.9. The zero-order valence-corrected chi connectivity index (χ0v) is 29.7. The predicted octanol–water partition coefficient (Wildman–Crippen LogP) is 8.08. The Morgan fingerprint density at radius 3 is 2.31 bits per heavy atom. The summed E-state index contributed by atoms with van der Waals surface area (Å²) in [6, 6.07) is 14.7. The van der Waals surface area contributed by atoms with E-state index in [1.807, 2.05) is 12.1 Å². The molecule has 2 aromatic carbocycles. The zero-order valence-electron chi connectivity index (χ0n) is 28.7. The van der Waals surface area contributed by atoms with Crippen molar-refractivity contribution in [3.8, 4) is 17.1 Å². The fourth-order valence-corrected chi connectivity index (χ4v) is 8.29. The molecule has 0 atom stereocenters. The fraction of sp³-hybridized carbons (Fsp3) is 0.611. The average Bonchev–Trinajstić information content (AvgIpc) is 3.46. The van der Waals surface area contributed by atoms with Crippen LogP contribution in [-0.2, 0) is 16.3 Å². The van der Waals surface area contributed by atoms with Crippen LogP contribution in [-0.4, -0.2) is 54.2 Å². The highest BCUT2D eigenvalue weighted by Gasteiger charge is 2.41. The molecule has 2 aliphatic rings. The Bertz CT molecular complexity index is 1450. The van der Waals surface area contributed by atoms with E-state index in [9.17, 15) is 4.79 Å². The van der Waals surface area contributed by atoms with Crippen molar-refractivity contribution in [1.29, 1.82) is 0 Å². The van der Waals surface area contributed by atoms with E-state index in [0.29, 0.717) is 17.7 Å². The molecule has 0 spiro atoms. The monoisotopic (exact) mass is 631 g/mol. The Hall–Kier alpha value is -3.04. The van der Waals surface area contributed by atoms with Crippen LogP contribution >= 0.6 is 0 Å². The van der Waals surface area contributed by atoms with Gasteiger partial charge in [-0.2, -0.15) is 4.80 Å². The number of methoxy groups -OCH3 is 1. The second kappa shape index (κ2) is 13.8. The molecular formula is C36H53N5O3Si. The molecule has 0 bridgehead atoms. The lowest BCUT2D eigenvalue weighted by Gasteiger charge is -2.41. The van der Waals surface area contributed by atoms with Crippen molar-refractivity contribution in [2.75, 3.05) is 18.6 Å². The highest BCUT2D eigenvalue weighted by Crippen LogP contribution is 2.41. The summed E-state index contributed by atoms with van der Waals surface area (Å²) in [5.41, 5.74) is 4.40. The minimum atomic E-state index is -1.84. The van der Waals surface area contributed by atoms with E-state index in [2.05, 4.69) is 91.4 Å². The number of carbonyl (C=O) groups is 1. The van der Waals surface area contributed by atoms with Crippen LogP contribution < -0.4 is 9.64 Å². The van der Waals surface area contributed by atoms with Crippen molar-refractivity contribution >= 4 is 19.9 Å². The Morgan fingerprint density at radius 1 is 1.00 bits per heavy atom. The maximum atomic E-state index is 14.4. The van der Waals surface area contributed by atoms with E-state index in [-0.39, 0.29) is 23.0 Å². The lowest BCUT2D eigenvalue weighted by molar-refractivity contribution is -0.124. The summed E-state index contributed by atoms with van der Waals surface area (Å²) in [5, 5.41) is 12.8. The number of rotatable bonds is 9. The molecule has 2 saturated carbocycles. The molecule has 45 heavy (non-hydrogen) atoms. The lowest BCUT2D eigenvalue weighted by atomic mass is 9.78. The molecule has 2 aliphatic carbocycles. The third kappa shape index (κ3) is 7.85. The number of ether oxygens (including phenoxy) is 1. The lowest BCUT2D eigenvalue weighted by Crippen LogP contribution is -2.46. The molecule has 2 fully saturated rings. The Kier molecular flexibility index (Phi) is 10.2. The largest absolute Gasteiger partial charge is 0.496 e. The number of carbonyl (C=O) groups excluding carboxylic acids is 1. The van der Waals surface area contributed by atoms with Gasteiger partial charge in [0.25, 0.3) is 0 Å². The van der Waals surface area contributed by atoms with Gasteiger partial charge in [-0.05, 0) is 123 Å². The van der Waals surface area contributed by atoms with Gasteiger partial charge in [0, 0.05) is 29.8 Å². The maximum Gasteiger partial charge on any atom is 0.230 e. The van der Waals surface area contributed by atoms with Crippen LogP contribution in [0.5, 0.6) is 5.75 Å². The van der Waals surface area contributed by atoms with E-state index in [0.717, 1.165) is 74.9 Å². The van der Waals surface area contributed by atoms with E-state index in [4.69, 9.17) is 9.16 Å². The molecule has 0 radical (unpaired) electrons. The highest BCUT2D eigenvalue weighted by atomic mass is 28.4. The van der Waals surface area contributed by atoms with Gasteiger partial charge in [-0.15, -0.1) is 10.2 Å². The molecule has 0 N–H and O–H groups in total. The van der Waals surface area contributed by atoms with E-state index in [1.165, 1.54) is 15.9 Å². The number of nitrogens with zero attached hydrogens (tertiary/aromatic N) is 5. The van der Waals surface area contributed by atoms with Gasteiger partial charge in [-0.25, -0.2) is 0 Å². The summed E-state index contributed by atoms with van der Waals surface area (Å²) in [6.07, 6.45) is 8.41. The van der Waals surface area contributed by atoms with Crippen LogP contribution in [0.25, 0.3) is 11.4 Å². The highest BCUT2D eigenvalue weighted by molar-refractivity contribution is 6.74. The first-order valence-electron chi connectivity index (χ1n) is 16.8. The van der Waals surface area contributed by atoms with Gasteiger partial charge >= 0.3 is 0 Å². The molecule has 0 unspecified atom stereocenters. The van der Waals surface area contributed by atoms with Gasteiger partial charge in [0.15, 0.2) is 8.32 Å². The van der Waals surface area contributed by atoms with Crippen molar-refractivity contribution in [2.24, 2.45) is 18.9 Å². The molecule has 244 valence electrons. The molecular weight excluding hydrogens is 579 g/mol. The number of benzene rings is 2. The van der Waals surface area contributed by atoms with Crippen LogP contribution in [0, 0.1) is 18.8 Å². The van der Waals surface area contributed by atoms with Crippen molar-refractivity contribution < 1.29 is 14.0 Å². The molecule has 0 saturated heterocycles. The van der Waals surface area contributed by atoms with Crippen LogP contribution in [0.2, 0.25) is 18.1 Å². The predicted molar refractivity (Wildman–Crippen MR) is 183 cm³/mol. The number of hydrogen-bond acceptors (Lipinski definition) is 6. The van der Waals surface area contributed by atoms with E-state index < -0.39 is 8.32 Å². The van der Waals surface area contributed by atoms with Crippen LogP contribution in [0.3, 0.4) is 0 Å². The summed E-state index contributed by atoms with van der Waals surface area (Å²) in [5.74, 6) is 2.80. The number of aromatic nitrogens is 4. The molecule has 0 aliphatic heterocycles. The molecule has 1 heterocycles. The second-order valence-corrected chi connectivity index (χ2v) is 19.7. The Labute approximate surface area is 271 Å². The zero-order chi connectivity index (χ0) is 32.4. The molecule has 5 rings (SSSR count). The Morgan fingerprint density at radius 2 is 1.71 bits per heavy atom. The molecule has 9 heteroatoms. The average molecular weight is 632 g/mol. The third-order valence-corrected chi connectivity index (χ3v) is 15.2. The quantitative estimate of drug-likeness (QED) is 0.222. The first-order valence-corrected chi connectivity index (χ1v) is 19.7. The van der Waals surface area contributed by atoms with Gasteiger partial charge in [-0.1, -0.05) is 45.0 Å². The van der Waals surface area contributed by atoms with Gasteiger partial charge in [0.2, 0.25) is 11.7 Å². The summed E-state index contributed by atoms with van der Waals surface area (Å²) < 4.78 is 12.2. The Balaban J connectivity index is 1.30. The number of amides is 1. The van der Waals surface area contributed by atoms with Crippen molar-refractivity contribution in [1.82, 2.24) is 20.2 Å². The number of anilines is 1. The van der Waals surface area contributed by atoms with E-state index in [1.54, 1.807) is 14.2 Å². The smallest absolute Gasteiger partial charge is 0.230 e. The number of tetrazole rings is 1. The SMILES string of the molecule is COc1ccc([C@H]2CC[C@H](CN(c3cccc(-c4nnn(C)n4)c3)C(=O)[C@H]3CC[C@H](O[Si](C)(C)C(C)(C)C)CC3)CC2)cc1C. The van der Waals surface area contributed by atoms with Crippen LogP contribution in [0.15, 0.2) is 42.5 Å². The van der Waals surface area contributed by atoms with Gasteiger partial charge in [-0.3, -0.25) is 4.79 Å². The topological polar surface area (TPSA) is 82.4 Å². The fourth-order valence-electron chi connectivity index (χ4n) is 6.87. The van der Waals surface area contributed by atoms with Crippen molar-refractivity contribution in [2.45, 2.75) is 109 Å². The van der Waals surface area contributed by atoms with Crippen molar-refractivity contribution in [3.63, 3.8) is 0 Å². The van der Waals surface area contributed by atoms with Crippen LogP contribution in [0.1, 0.15) is 89.2 Å². The summed E-state index contributed by atoms with van der Waals surface area (Å²) in [4.78, 5) is 17.9. The number of hydrogen-bond donors (Lipinski definition) is 0. The van der Waals surface area contributed by atoms with Crippen molar-refractivity contribution in [3.05, 3.63) is 53.6 Å². The minimum absolute atomic E-state index is 0.0150. The minimum Gasteiger partial charge on any atom is -0.496 e. The van der Waals surface area contributed by atoms with E-state index >= 15 is 0 Å². The third-order valence-electron chi connectivity index (χ3n) is 10.7. The normalized spacial score (nSPS) is 22.7. The standard InChI is InChI=1S/C36H53N5O3Si/c1-25-22-29(18-21-33(25)43-6)27-14-12-26(13-15-27)24-41(31-11-9-10-30(23-31)34-37-39-40(5)38-34)35(42)28-16-19-32(20-17-28)44-45(7,8)36(2,3)4/h9-11,18,21-23,26-28,32H,12-17,19-20,24H2,1-8H3/t26-,27-,28-,32-. The molecule has 1 aromatic heterocycles. The molecule has 1 amide bonds. The maximum absolute atomic E-state index is 14.4. The molecule has 3 aromatic rings. The summed E-state index contributed by atoms with van der Waals surface area (Å²) >= 11 is 0. The number of aryl methyl sites for hydroxylation is 2. The summed E-state index contributed by atoms with van der Waals surface area (Å²) in [7, 11) is 1.66. The van der Waals surface area contributed by atoms with Gasteiger partial charge in [0.05, 0.1) is 14.2 Å². The first-order chi connectivity index (χ1) is 21.3. The van der Waals surface area contributed by atoms with Gasteiger partial charge in [0.1, 0.15) is 5.75 Å². The first kappa shape index (κ1) is 33.3. The summed E-state index contributed by atoms with van der Waals surface area (Å²) in [6.45, 7) is 14.4. The molecule has 8 nitrogen and oxygen atoms in total.